The molecule has 0 heterocycles. The van der Waals surface area contributed by atoms with E-state index in [-0.39, 0.29) is 0 Å². The molecule has 0 saturated heterocycles. The van der Waals surface area contributed by atoms with Crippen LogP contribution < -0.4 is 5.73 Å². The lowest BCUT2D eigenvalue weighted by Crippen LogP contribution is -1.86. The van der Waals surface area contributed by atoms with E-state index < -0.39 is 0 Å². The molecule has 0 spiro atoms. The van der Waals surface area contributed by atoms with Crippen LogP contribution in [0.25, 0.3) is 0 Å². The van der Waals surface area contributed by atoms with Gasteiger partial charge in [-0.2, -0.15) is 5.26 Å². The van der Waals surface area contributed by atoms with E-state index in [1.54, 1.807) is 7.05 Å². The lowest BCUT2D eigenvalue weighted by atomic mass is 10.3. The van der Waals surface area contributed by atoms with E-state index in [1.807, 2.05) is 6.07 Å². The molecular formula is C5H7N3. The van der Waals surface area contributed by atoms with Gasteiger partial charge in [0.2, 0.25) is 0 Å². The van der Waals surface area contributed by atoms with Gasteiger partial charge in [-0.05, 0) is 0 Å². The average molecular weight is 109 g/mol. The summed E-state index contributed by atoms with van der Waals surface area (Å²) < 4.78 is 0. The second kappa shape index (κ2) is 3.88. The van der Waals surface area contributed by atoms with Gasteiger partial charge in [0.1, 0.15) is 6.07 Å². The minimum Gasteiger partial charge on any atom is -0.403 e. The highest BCUT2D eigenvalue weighted by Gasteiger charge is 1.81. The first-order chi connectivity index (χ1) is 3.85. The van der Waals surface area contributed by atoms with E-state index in [4.69, 9.17) is 11.0 Å². The summed E-state index contributed by atoms with van der Waals surface area (Å²) in [7, 11) is 1.58. The Kier molecular flexibility index (Phi) is 3.25. The molecule has 0 aromatic rings. The molecule has 0 aromatic carbocycles. The van der Waals surface area contributed by atoms with Crippen molar-refractivity contribution in [3.05, 3.63) is 11.8 Å². The molecule has 42 valence electrons. The first kappa shape index (κ1) is 6.70. The molecule has 0 rings (SSSR count). The molecule has 0 bridgehead atoms. The number of nitriles is 1. The fourth-order valence-corrected chi connectivity index (χ4v) is 0.248. The molecule has 0 amide bonds. The maximum Gasteiger partial charge on any atom is 0.102 e. The van der Waals surface area contributed by atoms with Crippen molar-refractivity contribution in [3.8, 4) is 6.07 Å². The lowest BCUT2D eigenvalue weighted by Gasteiger charge is -1.77. The van der Waals surface area contributed by atoms with Gasteiger partial charge in [-0.1, -0.05) is 0 Å². The van der Waals surface area contributed by atoms with Gasteiger partial charge >= 0.3 is 0 Å². The minimum absolute atomic E-state index is 0.382. The van der Waals surface area contributed by atoms with E-state index in [9.17, 15) is 0 Å². The molecule has 0 aliphatic rings. The molecule has 0 atom stereocenters. The molecule has 0 radical (unpaired) electrons. The summed E-state index contributed by atoms with van der Waals surface area (Å²) >= 11 is 0. The summed E-state index contributed by atoms with van der Waals surface area (Å²) in [4.78, 5) is 3.58. The largest absolute Gasteiger partial charge is 0.403 e. The molecule has 0 aliphatic carbocycles. The number of rotatable bonds is 1. The van der Waals surface area contributed by atoms with Crippen LogP contribution in [0, 0.1) is 11.3 Å². The third kappa shape index (κ3) is 1.98. The van der Waals surface area contributed by atoms with Gasteiger partial charge in [0.05, 0.1) is 5.57 Å². The Hall–Kier alpha value is -1.30. The Labute approximate surface area is 48.1 Å². The lowest BCUT2D eigenvalue weighted by molar-refractivity contribution is 1.44. The van der Waals surface area contributed by atoms with Crippen molar-refractivity contribution in [1.82, 2.24) is 0 Å². The van der Waals surface area contributed by atoms with Crippen LogP contribution in [-0.4, -0.2) is 13.3 Å². The maximum absolute atomic E-state index is 8.17. The van der Waals surface area contributed by atoms with Crippen LogP contribution in [-0.2, 0) is 0 Å². The van der Waals surface area contributed by atoms with Crippen LogP contribution in [0.5, 0.6) is 0 Å². The number of hydrogen-bond donors (Lipinski definition) is 1. The van der Waals surface area contributed by atoms with Crippen LogP contribution >= 0.6 is 0 Å². The van der Waals surface area contributed by atoms with E-state index >= 15 is 0 Å². The molecule has 2 N–H and O–H groups in total. The standard InChI is InChI=1S/C5H7N3/c1-8-4-5(2-6)3-7/h2,4H,6H2,1H3. The highest BCUT2D eigenvalue weighted by atomic mass is 14.6. The zero-order valence-electron chi connectivity index (χ0n) is 4.63. The highest BCUT2D eigenvalue weighted by molar-refractivity contribution is 5.83. The van der Waals surface area contributed by atoms with Crippen molar-refractivity contribution in [3.63, 3.8) is 0 Å². The van der Waals surface area contributed by atoms with Crippen molar-refractivity contribution in [2.24, 2.45) is 10.7 Å². The monoisotopic (exact) mass is 109 g/mol. The SMILES string of the molecule is CN=CC(C#N)=CN. The Morgan fingerprint density at radius 3 is 2.62 bits per heavy atom. The van der Waals surface area contributed by atoms with Crippen molar-refractivity contribution >= 4 is 6.21 Å². The van der Waals surface area contributed by atoms with Crippen molar-refractivity contribution < 1.29 is 0 Å². The van der Waals surface area contributed by atoms with Crippen molar-refractivity contribution in [1.29, 1.82) is 5.26 Å². The maximum atomic E-state index is 8.17. The Morgan fingerprint density at radius 1 is 1.88 bits per heavy atom. The summed E-state index contributed by atoms with van der Waals surface area (Å²) in [5.41, 5.74) is 5.38. The van der Waals surface area contributed by atoms with Gasteiger partial charge in [0.25, 0.3) is 0 Å². The summed E-state index contributed by atoms with van der Waals surface area (Å²) in [6.45, 7) is 0. The summed E-state index contributed by atoms with van der Waals surface area (Å²) in [5.74, 6) is 0. The predicted molar refractivity (Wildman–Crippen MR) is 32.3 cm³/mol. The second-order valence-electron chi connectivity index (χ2n) is 1.12. The highest BCUT2D eigenvalue weighted by Crippen LogP contribution is 1.79. The second-order valence-corrected chi connectivity index (χ2v) is 1.12. The molecule has 0 saturated carbocycles. The predicted octanol–water partition coefficient (Wildman–Crippen LogP) is 0.0532. The van der Waals surface area contributed by atoms with Crippen LogP contribution in [0.15, 0.2) is 16.8 Å². The first-order valence-electron chi connectivity index (χ1n) is 2.09. The van der Waals surface area contributed by atoms with Crippen molar-refractivity contribution in [2.45, 2.75) is 0 Å². The number of allylic oxidation sites excluding steroid dienone is 1. The average Bonchev–Trinajstić information content (AvgIpc) is 1.83. The van der Waals surface area contributed by atoms with Gasteiger partial charge in [-0.3, -0.25) is 4.99 Å². The van der Waals surface area contributed by atoms with Crippen LogP contribution in [0.2, 0.25) is 0 Å². The zero-order valence-corrected chi connectivity index (χ0v) is 4.63. The Balaban J connectivity index is 3.98. The molecule has 3 nitrogen and oxygen atoms in total. The van der Waals surface area contributed by atoms with Crippen LogP contribution in [0.4, 0.5) is 0 Å². The molecule has 0 aromatic heterocycles. The van der Waals surface area contributed by atoms with Gasteiger partial charge in [0.15, 0.2) is 0 Å². The third-order valence-corrected chi connectivity index (χ3v) is 0.577. The molecular weight excluding hydrogens is 102 g/mol. The van der Waals surface area contributed by atoms with E-state index in [0.717, 1.165) is 0 Å². The van der Waals surface area contributed by atoms with Crippen LogP contribution in [0.3, 0.4) is 0 Å². The van der Waals surface area contributed by atoms with Gasteiger partial charge < -0.3 is 5.73 Å². The number of hydrogen-bond acceptors (Lipinski definition) is 3. The zero-order chi connectivity index (χ0) is 6.41. The molecule has 3 heteroatoms. The van der Waals surface area contributed by atoms with E-state index in [1.165, 1.54) is 12.4 Å². The fourth-order valence-electron chi connectivity index (χ4n) is 0.248. The molecule has 8 heavy (non-hydrogen) atoms. The summed E-state index contributed by atoms with van der Waals surface area (Å²) in [5, 5.41) is 8.17. The molecule has 0 unspecified atom stereocenters. The topological polar surface area (TPSA) is 62.2 Å². The summed E-state index contributed by atoms with van der Waals surface area (Å²) in [6.07, 6.45) is 2.62. The number of aliphatic imine (C=N–C) groups is 1. The van der Waals surface area contributed by atoms with E-state index in [2.05, 4.69) is 4.99 Å². The quantitative estimate of drug-likeness (QED) is 0.382. The third-order valence-electron chi connectivity index (χ3n) is 0.577. The molecule has 0 aliphatic heterocycles. The van der Waals surface area contributed by atoms with Crippen LogP contribution in [0.1, 0.15) is 0 Å². The fraction of sp³-hybridized carbons (Fsp3) is 0.200. The van der Waals surface area contributed by atoms with Gasteiger partial charge in [-0.15, -0.1) is 0 Å². The number of nitrogens with zero attached hydrogens (tertiary/aromatic N) is 2. The van der Waals surface area contributed by atoms with E-state index in [0.29, 0.717) is 5.57 Å². The van der Waals surface area contributed by atoms with Crippen molar-refractivity contribution in [2.75, 3.05) is 7.05 Å². The Morgan fingerprint density at radius 2 is 2.50 bits per heavy atom. The Bertz CT molecular complexity index is 150. The molecule has 0 fully saturated rings. The summed E-state index contributed by atoms with van der Waals surface area (Å²) in [6, 6.07) is 1.84. The van der Waals surface area contributed by atoms with Gasteiger partial charge in [-0.25, -0.2) is 0 Å². The van der Waals surface area contributed by atoms with Gasteiger partial charge in [0, 0.05) is 19.5 Å². The normalized spacial score (nSPS) is 11.8. The first-order valence-corrected chi connectivity index (χ1v) is 2.09. The number of nitrogens with two attached hydrogens (primary N) is 1. The smallest absolute Gasteiger partial charge is 0.102 e. The minimum atomic E-state index is 0.382.